The van der Waals surface area contributed by atoms with Crippen LogP contribution in [0.3, 0.4) is 0 Å². The minimum Gasteiger partial charge on any atom is -0.490 e. The zero-order valence-electron chi connectivity index (χ0n) is 16.6. The zero-order chi connectivity index (χ0) is 21.8. The van der Waals surface area contributed by atoms with E-state index in [-0.39, 0.29) is 19.1 Å². The lowest BCUT2D eigenvalue weighted by molar-refractivity contribution is -0.131. The van der Waals surface area contributed by atoms with E-state index in [1.165, 1.54) is 4.90 Å². The van der Waals surface area contributed by atoms with E-state index >= 15 is 0 Å². The summed E-state index contributed by atoms with van der Waals surface area (Å²) in [5.41, 5.74) is 0.518. The molecule has 1 atom stereocenters. The first-order valence-corrected chi connectivity index (χ1v) is 10.6. The number of hydrogen-bond donors (Lipinski definition) is 1. The Hall–Kier alpha value is -3.02. The number of benzene rings is 3. The smallest absolute Gasteiger partial charge is 0.325 e. The van der Waals surface area contributed by atoms with Crippen molar-refractivity contribution >= 4 is 35.1 Å². The first kappa shape index (κ1) is 21.2. The lowest BCUT2D eigenvalue weighted by Gasteiger charge is -2.27. The monoisotopic (exact) mass is 454 g/mol. The molecule has 5 nitrogen and oxygen atoms in total. The Labute approximate surface area is 190 Å². The molecule has 0 spiro atoms. The fourth-order valence-electron chi connectivity index (χ4n) is 3.71. The van der Waals surface area contributed by atoms with Crippen LogP contribution in [0.5, 0.6) is 5.75 Å². The molecule has 0 bridgehead atoms. The number of nitrogens with zero attached hydrogens (tertiary/aromatic N) is 1. The third-order valence-corrected chi connectivity index (χ3v) is 5.75. The van der Waals surface area contributed by atoms with Crippen molar-refractivity contribution in [3.63, 3.8) is 0 Å². The maximum Gasteiger partial charge on any atom is 0.325 e. The Kier molecular flexibility index (Phi) is 6.16. The molecule has 0 saturated carbocycles. The van der Waals surface area contributed by atoms with Gasteiger partial charge in [0.15, 0.2) is 5.54 Å². The number of nitrogens with one attached hydrogen (secondary N) is 1. The average Bonchev–Trinajstić information content (AvgIpc) is 3.01. The van der Waals surface area contributed by atoms with Gasteiger partial charge in [-0.1, -0.05) is 83.9 Å². The summed E-state index contributed by atoms with van der Waals surface area (Å²) >= 11 is 12.0. The number of carbonyl (C=O) groups is 2. The van der Waals surface area contributed by atoms with Crippen LogP contribution in [-0.2, 0) is 16.8 Å². The van der Waals surface area contributed by atoms with Gasteiger partial charge < -0.3 is 10.1 Å². The first-order valence-electron chi connectivity index (χ1n) is 9.81. The van der Waals surface area contributed by atoms with E-state index in [4.69, 9.17) is 27.9 Å². The van der Waals surface area contributed by atoms with Crippen molar-refractivity contribution in [3.8, 4) is 5.75 Å². The number of rotatable bonds is 7. The molecule has 1 saturated heterocycles. The van der Waals surface area contributed by atoms with Gasteiger partial charge in [0.05, 0.1) is 11.6 Å². The second-order valence-corrected chi connectivity index (χ2v) is 8.09. The molecule has 1 aliphatic heterocycles. The second kappa shape index (κ2) is 9.00. The average molecular weight is 455 g/mol. The van der Waals surface area contributed by atoms with Crippen molar-refractivity contribution in [2.75, 3.05) is 13.2 Å². The number of halogens is 2. The Morgan fingerprint density at radius 1 is 0.903 bits per heavy atom. The van der Waals surface area contributed by atoms with Crippen LogP contribution in [0, 0.1) is 0 Å². The van der Waals surface area contributed by atoms with Gasteiger partial charge in [0.1, 0.15) is 12.4 Å². The summed E-state index contributed by atoms with van der Waals surface area (Å²) in [6.45, 7) is 0.198. The topological polar surface area (TPSA) is 58.6 Å². The van der Waals surface area contributed by atoms with Crippen LogP contribution in [-0.4, -0.2) is 30.0 Å². The van der Waals surface area contributed by atoms with Crippen LogP contribution < -0.4 is 10.1 Å². The van der Waals surface area contributed by atoms with E-state index in [9.17, 15) is 9.59 Å². The highest BCUT2D eigenvalue weighted by molar-refractivity contribution is 6.35. The van der Waals surface area contributed by atoms with Gasteiger partial charge in [0.25, 0.3) is 5.91 Å². The van der Waals surface area contributed by atoms with Gasteiger partial charge in [-0.3, -0.25) is 9.69 Å². The fourth-order valence-corrected chi connectivity index (χ4v) is 4.17. The molecule has 3 amide bonds. The van der Waals surface area contributed by atoms with Crippen molar-refractivity contribution in [2.45, 2.75) is 12.0 Å². The molecule has 4 rings (SSSR count). The van der Waals surface area contributed by atoms with Crippen LogP contribution in [0.4, 0.5) is 4.79 Å². The van der Waals surface area contributed by atoms with Crippen molar-refractivity contribution in [1.82, 2.24) is 10.2 Å². The summed E-state index contributed by atoms with van der Waals surface area (Å²) < 4.78 is 5.68. The number of amides is 3. The quantitative estimate of drug-likeness (QED) is 0.507. The van der Waals surface area contributed by atoms with Gasteiger partial charge >= 0.3 is 6.03 Å². The Morgan fingerprint density at radius 2 is 1.58 bits per heavy atom. The Balaban J connectivity index is 1.55. The molecule has 1 aliphatic rings. The summed E-state index contributed by atoms with van der Waals surface area (Å²) in [6.07, 6.45) is 0.350. The van der Waals surface area contributed by atoms with Gasteiger partial charge in [-0.15, -0.1) is 0 Å². The lowest BCUT2D eigenvalue weighted by atomic mass is 9.83. The number of carbonyl (C=O) groups excluding carboxylic acids is 2. The molecule has 0 aromatic heterocycles. The van der Waals surface area contributed by atoms with Gasteiger partial charge in [0.2, 0.25) is 0 Å². The molecule has 1 fully saturated rings. The maximum absolute atomic E-state index is 13.5. The molecule has 0 radical (unpaired) electrons. The van der Waals surface area contributed by atoms with Crippen LogP contribution in [0.15, 0.2) is 78.9 Å². The van der Waals surface area contributed by atoms with Gasteiger partial charge in [-0.25, -0.2) is 4.79 Å². The Bertz CT molecular complexity index is 1090. The van der Waals surface area contributed by atoms with Crippen LogP contribution >= 0.6 is 23.2 Å². The minimum absolute atomic E-state index is 0.0903. The third kappa shape index (κ3) is 4.38. The number of hydrogen-bond acceptors (Lipinski definition) is 3. The van der Waals surface area contributed by atoms with E-state index in [1.807, 2.05) is 60.7 Å². The highest BCUT2D eigenvalue weighted by atomic mass is 35.5. The number of imide groups is 1. The molecule has 0 unspecified atom stereocenters. The molecule has 158 valence electrons. The van der Waals surface area contributed by atoms with E-state index in [1.54, 1.807) is 18.2 Å². The van der Waals surface area contributed by atoms with Crippen molar-refractivity contribution in [1.29, 1.82) is 0 Å². The maximum atomic E-state index is 13.5. The molecule has 1 N–H and O–H groups in total. The molecule has 1 heterocycles. The fraction of sp³-hybridized carbons (Fsp3) is 0.167. The first-order chi connectivity index (χ1) is 15.0. The predicted octanol–water partition coefficient (Wildman–Crippen LogP) is 5.06. The van der Waals surface area contributed by atoms with Crippen LogP contribution in [0.1, 0.15) is 11.1 Å². The second-order valence-electron chi connectivity index (χ2n) is 7.24. The molecular formula is C24H20Cl2N2O3. The highest BCUT2D eigenvalue weighted by Crippen LogP contribution is 2.33. The van der Waals surface area contributed by atoms with Gasteiger partial charge in [0, 0.05) is 11.4 Å². The largest absolute Gasteiger partial charge is 0.490 e. The van der Waals surface area contributed by atoms with E-state index in [0.29, 0.717) is 22.2 Å². The van der Waals surface area contributed by atoms with E-state index < -0.39 is 11.6 Å². The summed E-state index contributed by atoms with van der Waals surface area (Å²) in [4.78, 5) is 27.5. The van der Waals surface area contributed by atoms with Crippen molar-refractivity contribution in [3.05, 3.63) is 100 Å². The van der Waals surface area contributed by atoms with Gasteiger partial charge in [-0.2, -0.15) is 0 Å². The summed E-state index contributed by atoms with van der Waals surface area (Å²) in [5.74, 6) is 0.134. The molecule has 31 heavy (non-hydrogen) atoms. The normalized spacial score (nSPS) is 18.2. The third-order valence-electron chi connectivity index (χ3n) is 5.22. The molecule has 3 aromatic rings. The number of ether oxygens (including phenoxy) is 1. The molecule has 0 aliphatic carbocycles. The summed E-state index contributed by atoms with van der Waals surface area (Å²) in [6, 6.07) is 23.4. The summed E-state index contributed by atoms with van der Waals surface area (Å²) in [5, 5.41) is 3.81. The Morgan fingerprint density at radius 3 is 2.26 bits per heavy atom. The number of urea groups is 1. The lowest BCUT2D eigenvalue weighted by Crippen LogP contribution is -2.46. The SMILES string of the molecule is O=C1N[C@](Cc2ccccc2)(c2ccccc2)C(=O)N1CCOc1ccc(Cl)cc1Cl. The van der Waals surface area contributed by atoms with Crippen molar-refractivity contribution < 1.29 is 14.3 Å². The standard InChI is InChI=1S/C24H20Cl2N2O3/c25-19-11-12-21(20(26)15-19)31-14-13-28-22(29)24(27-23(28)30,18-9-5-2-6-10-18)16-17-7-3-1-4-8-17/h1-12,15H,13-14,16H2,(H,27,30)/t24-/m1/s1. The highest BCUT2D eigenvalue weighted by Gasteiger charge is 2.52. The van der Waals surface area contributed by atoms with Crippen LogP contribution in [0.2, 0.25) is 10.0 Å². The van der Waals surface area contributed by atoms with Crippen LogP contribution in [0.25, 0.3) is 0 Å². The molecule has 3 aromatic carbocycles. The summed E-state index contributed by atoms with van der Waals surface area (Å²) in [7, 11) is 0. The predicted molar refractivity (Wildman–Crippen MR) is 120 cm³/mol. The van der Waals surface area contributed by atoms with Gasteiger partial charge in [-0.05, 0) is 29.3 Å². The minimum atomic E-state index is -1.17. The molecule has 7 heteroatoms. The molecular weight excluding hydrogens is 435 g/mol. The van der Waals surface area contributed by atoms with E-state index in [2.05, 4.69) is 5.32 Å². The van der Waals surface area contributed by atoms with E-state index in [0.717, 1.165) is 11.1 Å². The zero-order valence-corrected chi connectivity index (χ0v) is 18.1. The van der Waals surface area contributed by atoms with Crippen molar-refractivity contribution in [2.24, 2.45) is 0 Å².